The number of amides is 1. The molecule has 2 heterocycles. The molecule has 232 valence electrons. The molecule has 0 saturated carbocycles. The number of allylic oxidation sites excluding steroid dienone is 5. The molecule has 3 aromatic carbocycles. The molecule has 5 rings (SSSR count). The van der Waals surface area contributed by atoms with Crippen LogP contribution in [0, 0.1) is 0 Å². The number of rotatable bonds is 12. The monoisotopic (exact) mass is 621 g/mol. The van der Waals surface area contributed by atoms with Crippen molar-refractivity contribution in [1.29, 1.82) is 0 Å². The Bertz CT molecular complexity index is 1640. The van der Waals surface area contributed by atoms with Crippen LogP contribution in [0.1, 0.15) is 60.3 Å². The fraction of sp³-hybridized carbons (Fsp3) is 0.297. The molecular weight excluding hydrogens is 582 g/mol. The van der Waals surface area contributed by atoms with Gasteiger partial charge in [-0.1, -0.05) is 96.6 Å². The normalized spacial score (nSPS) is 15.2. The summed E-state index contributed by atoms with van der Waals surface area (Å²) in [5.41, 5.74) is 7.69. The van der Waals surface area contributed by atoms with Crippen LogP contribution < -0.4 is 0 Å². The zero-order valence-electron chi connectivity index (χ0n) is 26.0. The van der Waals surface area contributed by atoms with Crippen LogP contribution in [0.2, 0.25) is 5.02 Å². The van der Waals surface area contributed by atoms with Crippen LogP contribution in [0.3, 0.4) is 0 Å². The predicted octanol–water partition coefficient (Wildman–Crippen LogP) is 7.60. The minimum absolute atomic E-state index is 0.168. The minimum atomic E-state index is 0.168. The number of hydrogen-bond acceptors (Lipinski definition) is 5. The molecule has 1 atom stereocenters. The number of carbonyl (C=O) groups is 1. The van der Waals surface area contributed by atoms with E-state index in [1.807, 2.05) is 29.2 Å². The smallest absolute Gasteiger partial charge is 0.224 e. The van der Waals surface area contributed by atoms with E-state index in [2.05, 4.69) is 95.7 Å². The summed E-state index contributed by atoms with van der Waals surface area (Å²) in [4.78, 5) is 16.0. The minimum Gasteiger partial charge on any atom is -0.384 e. The quantitative estimate of drug-likeness (QED) is 0.152. The molecule has 0 spiro atoms. The maximum atomic E-state index is 12.5. The van der Waals surface area contributed by atoms with Gasteiger partial charge in [-0.3, -0.25) is 4.79 Å². The van der Waals surface area contributed by atoms with Crippen LogP contribution >= 0.6 is 11.6 Å². The first-order valence-electron chi connectivity index (χ1n) is 15.4. The predicted molar refractivity (Wildman–Crippen MR) is 180 cm³/mol. The Hall–Kier alpha value is -4.33. The van der Waals surface area contributed by atoms with E-state index in [1.165, 1.54) is 33.4 Å². The van der Waals surface area contributed by atoms with Gasteiger partial charge in [0.05, 0.1) is 18.7 Å². The summed E-state index contributed by atoms with van der Waals surface area (Å²) in [6.07, 6.45) is 10.8. The fourth-order valence-corrected chi connectivity index (χ4v) is 6.20. The highest BCUT2D eigenvalue weighted by Crippen LogP contribution is 2.34. The Morgan fingerprint density at radius 1 is 1.07 bits per heavy atom. The maximum Gasteiger partial charge on any atom is 0.224 e. The lowest BCUT2D eigenvalue weighted by molar-refractivity contribution is -0.133. The largest absolute Gasteiger partial charge is 0.384 e. The first-order valence-corrected chi connectivity index (χ1v) is 15.8. The van der Waals surface area contributed by atoms with Crippen molar-refractivity contribution in [2.75, 3.05) is 26.8 Å². The van der Waals surface area contributed by atoms with E-state index < -0.39 is 0 Å². The Labute approximate surface area is 270 Å². The summed E-state index contributed by atoms with van der Waals surface area (Å²) in [6.45, 7) is 8.33. The first-order chi connectivity index (χ1) is 22.0. The summed E-state index contributed by atoms with van der Waals surface area (Å²) in [5.74, 6) is 0.778. The molecule has 1 saturated heterocycles. The number of piperidine rings is 1. The molecule has 0 aliphatic carbocycles. The number of carbonyl (C=O) groups excluding carboxylic acids is 1. The van der Waals surface area contributed by atoms with E-state index in [1.54, 1.807) is 7.11 Å². The van der Waals surface area contributed by atoms with Crippen LogP contribution in [-0.4, -0.2) is 57.8 Å². The number of tetrazole rings is 1. The van der Waals surface area contributed by atoms with E-state index in [0.717, 1.165) is 49.2 Å². The summed E-state index contributed by atoms with van der Waals surface area (Å²) in [6, 6.07) is 25.3. The number of benzene rings is 3. The lowest BCUT2D eigenvalue weighted by atomic mass is 9.82. The Morgan fingerprint density at radius 2 is 1.87 bits per heavy atom. The van der Waals surface area contributed by atoms with Crippen LogP contribution in [0.4, 0.5) is 0 Å². The van der Waals surface area contributed by atoms with E-state index in [4.69, 9.17) is 16.3 Å². The number of aromatic nitrogens is 4. The zero-order chi connectivity index (χ0) is 31.6. The van der Waals surface area contributed by atoms with Crippen LogP contribution in [0.25, 0.3) is 11.3 Å². The van der Waals surface area contributed by atoms with Gasteiger partial charge in [-0.15, -0.1) is 15.0 Å². The highest BCUT2D eigenvalue weighted by Gasteiger charge is 2.24. The van der Waals surface area contributed by atoms with Crippen LogP contribution in [0.15, 0.2) is 110 Å². The highest BCUT2D eigenvalue weighted by molar-refractivity contribution is 6.30. The summed E-state index contributed by atoms with van der Waals surface area (Å²) < 4.78 is 5.10. The van der Waals surface area contributed by atoms with Gasteiger partial charge in [0.1, 0.15) is 0 Å². The Morgan fingerprint density at radius 3 is 2.58 bits per heavy atom. The van der Waals surface area contributed by atoms with Gasteiger partial charge in [-0.05, 0) is 77.8 Å². The van der Waals surface area contributed by atoms with Crippen molar-refractivity contribution in [3.8, 4) is 5.69 Å². The number of methoxy groups -OCH3 is 1. The van der Waals surface area contributed by atoms with Crippen molar-refractivity contribution >= 4 is 23.1 Å². The van der Waals surface area contributed by atoms with Gasteiger partial charge in [-0.25, -0.2) is 0 Å². The molecule has 4 aromatic rings. The molecule has 1 aliphatic heterocycles. The van der Waals surface area contributed by atoms with E-state index >= 15 is 0 Å². The second-order valence-corrected chi connectivity index (χ2v) is 11.9. The summed E-state index contributed by atoms with van der Waals surface area (Å²) >= 11 is 6.42. The molecule has 0 radical (unpaired) electrons. The van der Waals surface area contributed by atoms with Gasteiger partial charge in [-0.2, -0.15) is 0 Å². The van der Waals surface area contributed by atoms with Crippen molar-refractivity contribution in [2.24, 2.45) is 0 Å². The number of nitrogens with zero attached hydrogens (tertiary/aromatic N) is 5. The second-order valence-electron chi connectivity index (χ2n) is 11.4. The third kappa shape index (κ3) is 8.24. The molecule has 8 heteroatoms. The second kappa shape index (κ2) is 15.6. The Kier molecular flexibility index (Phi) is 11.1. The van der Waals surface area contributed by atoms with Gasteiger partial charge >= 0.3 is 0 Å². The molecule has 1 aliphatic rings. The third-order valence-corrected chi connectivity index (χ3v) is 8.80. The Balaban J connectivity index is 1.43. The molecule has 0 N–H and O–H groups in total. The topological polar surface area (TPSA) is 73.1 Å². The van der Waals surface area contributed by atoms with E-state index in [0.29, 0.717) is 24.0 Å². The SMILES string of the molecule is C=C/C(=C\C=C(/C)[C@@H](Cc1ccccc1)c1cccc(C2CCN(C(=O)CCOC)CC2)c1)c1cc(Cl)ccc1-n1ncnn1. The van der Waals surface area contributed by atoms with Gasteiger partial charge < -0.3 is 9.64 Å². The molecule has 0 bridgehead atoms. The molecule has 7 nitrogen and oxygen atoms in total. The van der Waals surface area contributed by atoms with Crippen molar-refractivity contribution in [1.82, 2.24) is 25.1 Å². The molecule has 45 heavy (non-hydrogen) atoms. The maximum absolute atomic E-state index is 12.5. The number of likely N-dealkylation sites (tertiary alicyclic amines) is 1. The van der Waals surface area contributed by atoms with E-state index in [9.17, 15) is 4.79 Å². The summed E-state index contributed by atoms with van der Waals surface area (Å²) in [5, 5.41) is 12.8. The van der Waals surface area contributed by atoms with Crippen molar-refractivity contribution in [3.05, 3.63) is 137 Å². The van der Waals surface area contributed by atoms with Gasteiger partial charge in [0.25, 0.3) is 0 Å². The van der Waals surface area contributed by atoms with Crippen LogP contribution in [0.5, 0.6) is 0 Å². The molecule has 1 amide bonds. The third-order valence-electron chi connectivity index (χ3n) is 8.56. The average Bonchev–Trinajstić information content (AvgIpc) is 3.62. The van der Waals surface area contributed by atoms with Crippen molar-refractivity contribution in [3.63, 3.8) is 0 Å². The van der Waals surface area contributed by atoms with Gasteiger partial charge in [0, 0.05) is 36.7 Å². The fourth-order valence-electron chi connectivity index (χ4n) is 6.03. The number of ether oxygens (including phenoxy) is 1. The van der Waals surface area contributed by atoms with E-state index in [-0.39, 0.29) is 11.8 Å². The number of hydrogen-bond donors (Lipinski definition) is 0. The van der Waals surface area contributed by atoms with Gasteiger partial charge in [0.15, 0.2) is 6.33 Å². The summed E-state index contributed by atoms with van der Waals surface area (Å²) in [7, 11) is 1.64. The molecular formula is C37H40ClN5O2. The highest BCUT2D eigenvalue weighted by atomic mass is 35.5. The standard InChI is InChI=1S/C37H40ClN5O2/c1-4-29(35-25-33(38)15-16-36(35)43-40-26-39-41-43)14-13-27(2)34(23-28-9-6-5-7-10-28)32-12-8-11-31(24-32)30-17-20-42(21-18-30)37(44)19-22-45-3/h4-16,24-26,30,34H,1,17-23H2,2-3H3/b27-13+,29-14+/t34-/m1/s1. The number of halogens is 1. The lowest BCUT2D eigenvalue weighted by Gasteiger charge is -2.32. The van der Waals surface area contributed by atoms with Crippen LogP contribution in [-0.2, 0) is 16.0 Å². The first kappa shape index (κ1) is 32.1. The van der Waals surface area contributed by atoms with Gasteiger partial charge in [0.2, 0.25) is 5.91 Å². The average molecular weight is 622 g/mol. The van der Waals surface area contributed by atoms with Crippen molar-refractivity contribution in [2.45, 2.75) is 44.4 Å². The van der Waals surface area contributed by atoms with Crippen molar-refractivity contribution < 1.29 is 9.53 Å². The lowest BCUT2D eigenvalue weighted by Crippen LogP contribution is -2.38. The molecule has 0 unspecified atom stereocenters. The zero-order valence-corrected chi connectivity index (χ0v) is 26.7. The molecule has 1 aromatic heterocycles. The molecule has 1 fully saturated rings.